The van der Waals surface area contributed by atoms with E-state index in [9.17, 15) is 19.2 Å². The lowest BCUT2D eigenvalue weighted by molar-refractivity contribution is 0.0608. The third kappa shape index (κ3) is 3.98. The molecule has 3 aromatic rings. The number of amides is 4. The molecule has 8 nitrogen and oxygen atoms in total. The van der Waals surface area contributed by atoms with Crippen LogP contribution < -0.4 is 10.6 Å². The maximum absolute atomic E-state index is 12.8. The topological polar surface area (TPSA) is 108 Å². The van der Waals surface area contributed by atoms with Crippen LogP contribution in [0.5, 0.6) is 0 Å². The standard InChI is InChI=1S/C24H20N4O4/c1-14(2)28-23(31)19-9-8-15(11-20(19)24(28)32)21(29)26-17-6-3-7-18(12-17)27-22(30)16-5-4-10-25-13-16/h3-14H,1-2H3,(H,26,29)(H,27,30). The van der Waals surface area contributed by atoms with Gasteiger partial charge in [0.25, 0.3) is 23.6 Å². The zero-order valence-corrected chi connectivity index (χ0v) is 17.5. The van der Waals surface area contributed by atoms with Crippen LogP contribution in [-0.4, -0.2) is 39.6 Å². The van der Waals surface area contributed by atoms with E-state index in [4.69, 9.17) is 0 Å². The average Bonchev–Trinajstić information content (AvgIpc) is 3.04. The van der Waals surface area contributed by atoms with Crippen LogP contribution in [0.1, 0.15) is 55.3 Å². The number of imide groups is 1. The molecular formula is C24H20N4O4. The van der Waals surface area contributed by atoms with E-state index in [2.05, 4.69) is 15.6 Å². The Labute approximate surface area is 184 Å². The van der Waals surface area contributed by atoms with Gasteiger partial charge in [0.05, 0.1) is 16.7 Å². The SMILES string of the molecule is CC(C)N1C(=O)c2ccc(C(=O)Nc3cccc(NC(=O)c4cccnc4)c3)cc2C1=O. The van der Waals surface area contributed by atoms with Gasteiger partial charge in [0.15, 0.2) is 0 Å². The molecule has 1 aliphatic heterocycles. The van der Waals surface area contributed by atoms with E-state index in [0.717, 1.165) is 0 Å². The quantitative estimate of drug-likeness (QED) is 0.604. The Hall–Kier alpha value is -4.33. The van der Waals surface area contributed by atoms with Crippen molar-refractivity contribution in [1.29, 1.82) is 0 Å². The molecule has 2 N–H and O–H groups in total. The number of anilines is 2. The molecule has 160 valence electrons. The van der Waals surface area contributed by atoms with E-state index < -0.39 is 11.8 Å². The van der Waals surface area contributed by atoms with Gasteiger partial charge >= 0.3 is 0 Å². The molecule has 2 aromatic carbocycles. The summed E-state index contributed by atoms with van der Waals surface area (Å²) in [7, 11) is 0. The van der Waals surface area contributed by atoms with Crippen molar-refractivity contribution in [2.24, 2.45) is 0 Å². The molecule has 32 heavy (non-hydrogen) atoms. The second-order valence-electron chi connectivity index (χ2n) is 7.57. The zero-order chi connectivity index (χ0) is 22.8. The first-order valence-electron chi connectivity index (χ1n) is 10.00. The molecule has 4 amide bonds. The highest BCUT2D eigenvalue weighted by Gasteiger charge is 2.37. The van der Waals surface area contributed by atoms with Gasteiger partial charge in [-0.25, -0.2) is 0 Å². The highest BCUT2D eigenvalue weighted by Crippen LogP contribution is 2.26. The first-order valence-corrected chi connectivity index (χ1v) is 10.00. The monoisotopic (exact) mass is 428 g/mol. The first-order chi connectivity index (χ1) is 15.3. The predicted octanol–water partition coefficient (Wildman–Crippen LogP) is 3.59. The summed E-state index contributed by atoms with van der Waals surface area (Å²) >= 11 is 0. The van der Waals surface area contributed by atoms with Gasteiger partial charge in [-0.1, -0.05) is 6.07 Å². The molecule has 4 rings (SSSR count). The van der Waals surface area contributed by atoms with E-state index >= 15 is 0 Å². The summed E-state index contributed by atoms with van der Waals surface area (Å²) in [5, 5.41) is 5.50. The summed E-state index contributed by atoms with van der Waals surface area (Å²) in [6, 6.07) is 14.2. The van der Waals surface area contributed by atoms with Gasteiger partial charge in [-0.05, 0) is 62.4 Å². The molecule has 0 unspecified atom stereocenters. The van der Waals surface area contributed by atoms with Gasteiger partial charge in [-0.15, -0.1) is 0 Å². The summed E-state index contributed by atoms with van der Waals surface area (Å²) in [4.78, 5) is 55.2. The first kappa shape index (κ1) is 20.9. The van der Waals surface area contributed by atoms with Crippen molar-refractivity contribution in [3.63, 3.8) is 0 Å². The fourth-order valence-corrected chi connectivity index (χ4v) is 3.45. The van der Waals surface area contributed by atoms with E-state index in [1.165, 1.54) is 29.3 Å². The highest BCUT2D eigenvalue weighted by atomic mass is 16.2. The van der Waals surface area contributed by atoms with Crippen LogP contribution in [0.3, 0.4) is 0 Å². The molecule has 1 aromatic heterocycles. The van der Waals surface area contributed by atoms with E-state index in [1.807, 2.05) is 0 Å². The molecule has 8 heteroatoms. The second-order valence-corrected chi connectivity index (χ2v) is 7.57. The minimum atomic E-state index is -0.438. The molecule has 0 aliphatic carbocycles. The number of rotatable bonds is 5. The minimum Gasteiger partial charge on any atom is -0.322 e. The minimum absolute atomic E-state index is 0.217. The van der Waals surface area contributed by atoms with Gasteiger partial charge in [-0.3, -0.25) is 29.1 Å². The van der Waals surface area contributed by atoms with Crippen molar-refractivity contribution in [2.75, 3.05) is 10.6 Å². The second kappa shape index (κ2) is 8.43. The van der Waals surface area contributed by atoms with E-state index in [-0.39, 0.29) is 29.0 Å². The largest absolute Gasteiger partial charge is 0.322 e. The molecule has 2 heterocycles. The normalized spacial score (nSPS) is 12.7. The molecule has 0 saturated carbocycles. The summed E-state index contributed by atoms with van der Waals surface area (Å²) in [6.07, 6.45) is 3.04. The zero-order valence-electron chi connectivity index (χ0n) is 17.5. The molecule has 0 radical (unpaired) electrons. The van der Waals surface area contributed by atoms with E-state index in [0.29, 0.717) is 22.5 Å². The number of pyridine rings is 1. The van der Waals surface area contributed by atoms with Crippen LogP contribution in [0, 0.1) is 0 Å². The number of hydrogen-bond donors (Lipinski definition) is 2. The van der Waals surface area contributed by atoms with Gasteiger partial charge in [0.1, 0.15) is 0 Å². The fourth-order valence-electron chi connectivity index (χ4n) is 3.45. The fraction of sp³-hybridized carbons (Fsp3) is 0.125. The third-order valence-corrected chi connectivity index (χ3v) is 5.00. The number of aromatic nitrogens is 1. The number of carbonyl (C=O) groups excluding carboxylic acids is 4. The lowest BCUT2D eigenvalue weighted by Crippen LogP contribution is -2.35. The molecule has 0 saturated heterocycles. The van der Waals surface area contributed by atoms with Gasteiger partial charge in [-0.2, -0.15) is 0 Å². The Balaban J connectivity index is 1.50. The van der Waals surface area contributed by atoms with Gasteiger partial charge in [0.2, 0.25) is 0 Å². The molecule has 0 atom stereocenters. The highest BCUT2D eigenvalue weighted by molar-refractivity contribution is 6.22. The number of nitrogens with one attached hydrogen (secondary N) is 2. The number of benzene rings is 2. The third-order valence-electron chi connectivity index (χ3n) is 5.00. The Bertz CT molecular complexity index is 1240. The van der Waals surface area contributed by atoms with Crippen molar-refractivity contribution >= 4 is 35.0 Å². The van der Waals surface area contributed by atoms with Crippen molar-refractivity contribution < 1.29 is 19.2 Å². The van der Waals surface area contributed by atoms with Crippen molar-refractivity contribution in [1.82, 2.24) is 9.88 Å². The maximum atomic E-state index is 12.8. The van der Waals surface area contributed by atoms with Gasteiger partial charge in [0, 0.05) is 35.4 Å². The summed E-state index contributed by atoms with van der Waals surface area (Å²) < 4.78 is 0. The van der Waals surface area contributed by atoms with Crippen LogP contribution in [0.2, 0.25) is 0 Å². The van der Waals surface area contributed by atoms with Crippen molar-refractivity contribution in [3.8, 4) is 0 Å². The van der Waals surface area contributed by atoms with Gasteiger partial charge < -0.3 is 10.6 Å². The Morgan fingerprint density at radius 2 is 1.47 bits per heavy atom. The van der Waals surface area contributed by atoms with Crippen LogP contribution in [0.25, 0.3) is 0 Å². The number of nitrogens with zero attached hydrogens (tertiary/aromatic N) is 2. The Morgan fingerprint density at radius 1 is 0.812 bits per heavy atom. The molecule has 0 spiro atoms. The lowest BCUT2D eigenvalue weighted by Gasteiger charge is -2.17. The number of fused-ring (bicyclic) bond motifs is 1. The van der Waals surface area contributed by atoms with Crippen LogP contribution in [-0.2, 0) is 0 Å². The molecule has 1 aliphatic rings. The van der Waals surface area contributed by atoms with E-state index in [1.54, 1.807) is 56.4 Å². The van der Waals surface area contributed by atoms with Crippen LogP contribution >= 0.6 is 0 Å². The summed E-state index contributed by atoms with van der Waals surface area (Å²) in [5.41, 5.74) is 2.13. The van der Waals surface area contributed by atoms with Crippen molar-refractivity contribution in [3.05, 3.63) is 89.2 Å². The molecule has 0 fully saturated rings. The van der Waals surface area contributed by atoms with Crippen LogP contribution in [0.4, 0.5) is 11.4 Å². The lowest BCUT2D eigenvalue weighted by atomic mass is 10.1. The average molecular weight is 428 g/mol. The number of hydrogen-bond acceptors (Lipinski definition) is 5. The molecular weight excluding hydrogens is 408 g/mol. The Kier molecular flexibility index (Phi) is 5.51. The predicted molar refractivity (Wildman–Crippen MR) is 119 cm³/mol. The summed E-state index contributed by atoms with van der Waals surface area (Å²) in [6.45, 7) is 3.52. The smallest absolute Gasteiger partial charge is 0.261 e. The number of carbonyl (C=O) groups is 4. The van der Waals surface area contributed by atoms with Crippen molar-refractivity contribution in [2.45, 2.75) is 19.9 Å². The maximum Gasteiger partial charge on any atom is 0.261 e. The molecule has 0 bridgehead atoms. The summed E-state index contributed by atoms with van der Waals surface area (Å²) in [5.74, 6) is -1.52. The van der Waals surface area contributed by atoms with Crippen LogP contribution in [0.15, 0.2) is 67.0 Å². The Morgan fingerprint density at radius 3 is 2.09 bits per heavy atom.